The van der Waals surface area contributed by atoms with Crippen LogP contribution in [0.15, 0.2) is 37.8 Å². The summed E-state index contributed by atoms with van der Waals surface area (Å²) in [5.74, 6) is -1.20. The predicted molar refractivity (Wildman–Crippen MR) is 86.1 cm³/mol. The minimum atomic E-state index is -0.627. The number of amides is 1. The first-order valence-corrected chi connectivity index (χ1v) is 7.63. The molecular formula is C12H7Br3FN3O. The van der Waals surface area contributed by atoms with Gasteiger partial charge in [0.2, 0.25) is 0 Å². The van der Waals surface area contributed by atoms with Crippen LogP contribution in [0.25, 0.3) is 0 Å². The Hall–Kier alpha value is -0.990. The van der Waals surface area contributed by atoms with E-state index in [2.05, 4.69) is 58.1 Å². The third-order valence-electron chi connectivity index (χ3n) is 2.38. The van der Waals surface area contributed by atoms with E-state index in [1.807, 2.05) is 0 Å². The SMILES string of the molecule is Nc1ncc(F)cc1C(=O)Nc1c(Br)cc(Br)cc1Br. The molecule has 0 radical (unpaired) electrons. The number of nitrogens with zero attached hydrogens (tertiary/aromatic N) is 1. The minimum absolute atomic E-state index is 0.0216. The lowest BCUT2D eigenvalue weighted by Crippen LogP contribution is -2.16. The van der Waals surface area contributed by atoms with E-state index in [1.54, 1.807) is 12.1 Å². The van der Waals surface area contributed by atoms with Gasteiger partial charge in [0.25, 0.3) is 5.91 Å². The minimum Gasteiger partial charge on any atom is -0.383 e. The fourth-order valence-corrected chi connectivity index (χ4v) is 3.93. The summed E-state index contributed by atoms with van der Waals surface area (Å²) in [6, 6.07) is 4.58. The second-order valence-electron chi connectivity index (χ2n) is 3.78. The van der Waals surface area contributed by atoms with Gasteiger partial charge in [-0.15, -0.1) is 0 Å². The number of hydrogen-bond acceptors (Lipinski definition) is 3. The number of halogens is 4. The van der Waals surface area contributed by atoms with E-state index in [9.17, 15) is 9.18 Å². The topological polar surface area (TPSA) is 68.0 Å². The maximum Gasteiger partial charge on any atom is 0.259 e. The molecule has 0 atom stereocenters. The molecule has 1 aromatic heterocycles. The molecule has 104 valence electrons. The Bertz CT molecular complexity index is 671. The number of anilines is 2. The lowest BCUT2D eigenvalue weighted by molar-refractivity contribution is 0.102. The Morgan fingerprint density at radius 2 is 1.80 bits per heavy atom. The van der Waals surface area contributed by atoms with Crippen LogP contribution in [0.5, 0.6) is 0 Å². The van der Waals surface area contributed by atoms with Gasteiger partial charge in [0.1, 0.15) is 11.6 Å². The number of carbonyl (C=O) groups is 1. The Balaban J connectivity index is 2.35. The summed E-state index contributed by atoms with van der Waals surface area (Å²) in [4.78, 5) is 15.7. The first-order chi connectivity index (χ1) is 9.38. The van der Waals surface area contributed by atoms with Crippen LogP contribution in [0.4, 0.5) is 15.9 Å². The zero-order chi connectivity index (χ0) is 14.9. The highest BCUT2D eigenvalue weighted by Crippen LogP contribution is 2.34. The van der Waals surface area contributed by atoms with Crippen LogP contribution in [0.1, 0.15) is 10.4 Å². The van der Waals surface area contributed by atoms with E-state index in [0.717, 1.165) is 16.7 Å². The van der Waals surface area contributed by atoms with Gasteiger partial charge in [-0.3, -0.25) is 4.79 Å². The first-order valence-electron chi connectivity index (χ1n) is 5.25. The zero-order valence-electron chi connectivity index (χ0n) is 9.75. The van der Waals surface area contributed by atoms with Crippen molar-refractivity contribution in [1.29, 1.82) is 0 Å². The van der Waals surface area contributed by atoms with Gasteiger partial charge in [0, 0.05) is 13.4 Å². The molecule has 20 heavy (non-hydrogen) atoms. The molecule has 0 aliphatic rings. The number of carbonyl (C=O) groups excluding carboxylic acids is 1. The smallest absolute Gasteiger partial charge is 0.259 e. The van der Waals surface area contributed by atoms with Crippen LogP contribution in [-0.2, 0) is 0 Å². The monoisotopic (exact) mass is 465 g/mol. The highest BCUT2D eigenvalue weighted by Gasteiger charge is 2.15. The molecule has 1 amide bonds. The number of nitrogens with one attached hydrogen (secondary N) is 1. The predicted octanol–water partition coefficient (Wildman–Crippen LogP) is 4.34. The van der Waals surface area contributed by atoms with Crippen LogP contribution >= 0.6 is 47.8 Å². The van der Waals surface area contributed by atoms with Crippen LogP contribution < -0.4 is 11.1 Å². The highest BCUT2D eigenvalue weighted by molar-refractivity contribution is 9.11. The summed E-state index contributed by atoms with van der Waals surface area (Å²) >= 11 is 10.00. The summed E-state index contributed by atoms with van der Waals surface area (Å²) in [6.45, 7) is 0. The quantitative estimate of drug-likeness (QED) is 0.690. The summed E-state index contributed by atoms with van der Waals surface area (Å²) in [5.41, 5.74) is 6.07. The summed E-state index contributed by atoms with van der Waals surface area (Å²) < 4.78 is 15.3. The average Bonchev–Trinajstić information content (AvgIpc) is 2.36. The van der Waals surface area contributed by atoms with Gasteiger partial charge in [-0.1, -0.05) is 15.9 Å². The van der Waals surface area contributed by atoms with Crippen molar-refractivity contribution in [3.8, 4) is 0 Å². The largest absolute Gasteiger partial charge is 0.383 e. The normalized spacial score (nSPS) is 10.4. The zero-order valence-corrected chi connectivity index (χ0v) is 14.5. The number of hydrogen-bond donors (Lipinski definition) is 2. The molecule has 0 saturated heterocycles. The number of nitrogens with two attached hydrogens (primary N) is 1. The van der Waals surface area contributed by atoms with Crippen molar-refractivity contribution >= 4 is 65.2 Å². The van der Waals surface area contributed by atoms with E-state index in [4.69, 9.17) is 5.73 Å². The molecule has 1 aromatic carbocycles. The third-order valence-corrected chi connectivity index (χ3v) is 4.08. The molecule has 0 unspecified atom stereocenters. The second-order valence-corrected chi connectivity index (χ2v) is 6.41. The molecule has 8 heteroatoms. The molecule has 4 nitrogen and oxygen atoms in total. The van der Waals surface area contributed by atoms with Crippen molar-refractivity contribution in [3.63, 3.8) is 0 Å². The molecule has 2 rings (SSSR count). The van der Waals surface area contributed by atoms with Gasteiger partial charge in [-0.25, -0.2) is 9.37 Å². The molecule has 0 saturated carbocycles. The molecule has 0 bridgehead atoms. The number of nitrogen functional groups attached to an aromatic ring is 1. The summed E-state index contributed by atoms with van der Waals surface area (Å²) in [7, 11) is 0. The highest BCUT2D eigenvalue weighted by atomic mass is 79.9. The van der Waals surface area contributed by atoms with E-state index in [-0.39, 0.29) is 11.4 Å². The molecule has 0 spiro atoms. The van der Waals surface area contributed by atoms with E-state index in [0.29, 0.717) is 14.6 Å². The number of aromatic nitrogens is 1. The van der Waals surface area contributed by atoms with Crippen molar-refractivity contribution in [2.24, 2.45) is 0 Å². The van der Waals surface area contributed by atoms with Gasteiger partial charge < -0.3 is 11.1 Å². The second kappa shape index (κ2) is 6.19. The van der Waals surface area contributed by atoms with E-state index >= 15 is 0 Å². The Labute approximate surface area is 139 Å². The van der Waals surface area contributed by atoms with Crippen molar-refractivity contribution in [1.82, 2.24) is 4.98 Å². The number of rotatable bonds is 2. The molecule has 0 fully saturated rings. The molecule has 3 N–H and O–H groups in total. The van der Waals surface area contributed by atoms with Crippen LogP contribution in [-0.4, -0.2) is 10.9 Å². The van der Waals surface area contributed by atoms with E-state index < -0.39 is 11.7 Å². The average molecular weight is 468 g/mol. The standard InChI is InChI=1S/C12H7Br3FN3O/c13-5-1-8(14)10(9(15)2-5)19-12(20)7-3-6(16)4-18-11(7)17/h1-4H,(H2,17,18)(H,19,20). The van der Waals surface area contributed by atoms with Gasteiger partial charge in [0.05, 0.1) is 17.4 Å². The van der Waals surface area contributed by atoms with E-state index in [1.165, 1.54) is 0 Å². The summed E-state index contributed by atoms with van der Waals surface area (Å²) in [5, 5.41) is 2.65. The Morgan fingerprint density at radius 1 is 1.20 bits per heavy atom. The molecular weight excluding hydrogens is 461 g/mol. The number of benzene rings is 1. The van der Waals surface area contributed by atoms with Crippen LogP contribution in [0.2, 0.25) is 0 Å². The molecule has 1 heterocycles. The summed E-state index contributed by atoms with van der Waals surface area (Å²) in [6.07, 6.45) is 0.956. The van der Waals surface area contributed by atoms with Crippen molar-refractivity contribution < 1.29 is 9.18 Å². The Kier molecular flexibility index (Phi) is 4.77. The van der Waals surface area contributed by atoms with Crippen molar-refractivity contribution in [2.75, 3.05) is 11.1 Å². The van der Waals surface area contributed by atoms with Crippen LogP contribution in [0, 0.1) is 5.82 Å². The van der Waals surface area contributed by atoms with Crippen molar-refractivity contribution in [3.05, 3.63) is 49.2 Å². The lowest BCUT2D eigenvalue weighted by Gasteiger charge is -2.11. The maximum atomic E-state index is 13.1. The fourth-order valence-electron chi connectivity index (χ4n) is 1.47. The van der Waals surface area contributed by atoms with Gasteiger partial charge in [-0.2, -0.15) is 0 Å². The van der Waals surface area contributed by atoms with Gasteiger partial charge in [0.15, 0.2) is 0 Å². The maximum absolute atomic E-state index is 13.1. The number of pyridine rings is 1. The van der Waals surface area contributed by atoms with Gasteiger partial charge >= 0.3 is 0 Å². The lowest BCUT2D eigenvalue weighted by atomic mass is 10.2. The Morgan fingerprint density at radius 3 is 2.40 bits per heavy atom. The molecule has 0 aliphatic carbocycles. The fraction of sp³-hybridized carbons (Fsp3) is 0. The van der Waals surface area contributed by atoms with Crippen molar-refractivity contribution in [2.45, 2.75) is 0 Å². The first kappa shape index (κ1) is 15.4. The third kappa shape index (κ3) is 3.36. The van der Waals surface area contributed by atoms with Crippen LogP contribution in [0.3, 0.4) is 0 Å². The van der Waals surface area contributed by atoms with Gasteiger partial charge in [-0.05, 0) is 50.1 Å². The molecule has 2 aromatic rings. The molecule has 0 aliphatic heterocycles.